The number of aliphatic hydroxyl groups excluding tert-OH is 1. The van der Waals surface area contributed by atoms with Crippen molar-refractivity contribution in [3.8, 4) is 0 Å². The van der Waals surface area contributed by atoms with Gasteiger partial charge in [-0.2, -0.15) is 0 Å². The molecule has 0 aromatic carbocycles. The molecule has 0 aliphatic heterocycles. The van der Waals surface area contributed by atoms with E-state index in [-0.39, 0.29) is 50.6 Å². The van der Waals surface area contributed by atoms with Crippen molar-refractivity contribution >= 4 is 29.6 Å². The van der Waals surface area contributed by atoms with Gasteiger partial charge in [0.15, 0.2) is 6.04 Å². The first kappa shape index (κ1) is 35.2. The Hall–Kier alpha value is -2.81. The van der Waals surface area contributed by atoms with Crippen molar-refractivity contribution in [2.45, 2.75) is 96.6 Å². The van der Waals surface area contributed by atoms with Crippen molar-refractivity contribution in [1.82, 2.24) is 21.3 Å². The monoisotopic (exact) mass is 545 g/mol. The first-order chi connectivity index (χ1) is 17.6. The summed E-state index contributed by atoms with van der Waals surface area (Å²) in [7, 11) is 0. The zero-order valence-electron chi connectivity index (χ0n) is 23.0. The van der Waals surface area contributed by atoms with Gasteiger partial charge in [0.1, 0.15) is 18.1 Å². The van der Waals surface area contributed by atoms with Gasteiger partial charge in [0, 0.05) is 0 Å². The summed E-state index contributed by atoms with van der Waals surface area (Å²) in [4.78, 5) is 62.8. The first-order valence-corrected chi connectivity index (χ1v) is 12.9. The molecule has 0 radical (unpaired) electrons. The van der Waals surface area contributed by atoms with Crippen LogP contribution in [0.3, 0.4) is 0 Å². The van der Waals surface area contributed by atoms with Crippen molar-refractivity contribution < 1.29 is 34.2 Å². The smallest absolute Gasteiger partial charge is 0.328 e. The molecule has 0 heterocycles. The molecule has 6 atom stereocenters. The number of hydrogen-bond acceptors (Lipinski definition) is 9. The number of carbonyl (C=O) groups excluding carboxylic acids is 4. The van der Waals surface area contributed by atoms with E-state index in [1.54, 1.807) is 0 Å². The minimum Gasteiger partial charge on any atom is -0.480 e. The maximum Gasteiger partial charge on any atom is 0.328 e. The van der Waals surface area contributed by atoms with Gasteiger partial charge in [-0.15, -0.1) is 0 Å². The van der Waals surface area contributed by atoms with Gasteiger partial charge >= 0.3 is 5.97 Å². The van der Waals surface area contributed by atoms with Crippen molar-refractivity contribution in [2.75, 3.05) is 13.1 Å². The van der Waals surface area contributed by atoms with Crippen LogP contribution in [0.2, 0.25) is 0 Å². The Morgan fingerprint density at radius 2 is 1.05 bits per heavy atom. The summed E-state index contributed by atoms with van der Waals surface area (Å²) >= 11 is 0. The number of nitrogens with one attached hydrogen (secondary N) is 4. The Kier molecular flexibility index (Phi) is 16.3. The molecule has 0 rings (SSSR count). The molecule has 0 bridgehead atoms. The lowest BCUT2D eigenvalue weighted by Crippen LogP contribution is -2.59. The Morgan fingerprint density at radius 1 is 0.658 bits per heavy atom. The maximum atomic E-state index is 13.2. The Labute approximate surface area is 224 Å². The second-order valence-corrected chi connectivity index (χ2v) is 10.3. The Bertz CT molecular complexity index is 792. The zero-order valence-corrected chi connectivity index (χ0v) is 23.0. The zero-order chi connectivity index (χ0) is 29.6. The highest BCUT2D eigenvalue weighted by molar-refractivity contribution is 5.95. The number of carbonyl (C=O) groups is 5. The third kappa shape index (κ3) is 13.1. The van der Waals surface area contributed by atoms with Gasteiger partial charge in [-0.1, -0.05) is 27.7 Å². The molecule has 0 saturated carbocycles. The van der Waals surface area contributed by atoms with Crippen molar-refractivity contribution in [1.29, 1.82) is 0 Å². The standard InChI is InChI=1S/C24H47N7O7/c1-12(2)10-17(29-20(33)15(27)6-8-25)23(36)30-18(11-13(3)4)22(35)28-16(7-9-26)21(34)31-19(14(5)32)24(37)38/h12-19,32H,6-11,25-27H2,1-5H3,(H,28,35)(H,29,33)(H,30,36)(H,31,34)(H,37,38)/t14-,15+,16+,17-,18+,19+/m1/s1. The van der Waals surface area contributed by atoms with Gasteiger partial charge in [-0.3, -0.25) is 19.2 Å². The fraction of sp³-hybridized carbons (Fsp3) is 0.792. The van der Waals surface area contributed by atoms with Crippen molar-refractivity contribution in [3.05, 3.63) is 0 Å². The molecule has 0 saturated heterocycles. The summed E-state index contributed by atoms with van der Waals surface area (Å²) < 4.78 is 0. The van der Waals surface area contributed by atoms with Gasteiger partial charge in [-0.25, -0.2) is 4.79 Å². The number of hydrogen-bond donors (Lipinski definition) is 9. The van der Waals surface area contributed by atoms with E-state index in [4.69, 9.17) is 17.2 Å². The molecule has 0 aliphatic rings. The van der Waals surface area contributed by atoms with Gasteiger partial charge in [0.2, 0.25) is 23.6 Å². The lowest BCUT2D eigenvalue weighted by molar-refractivity contribution is -0.145. The van der Waals surface area contributed by atoms with E-state index in [0.717, 1.165) is 0 Å². The number of rotatable bonds is 18. The third-order valence-corrected chi connectivity index (χ3v) is 5.63. The number of amides is 4. The molecule has 14 nitrogen and oxygen atoms in total. The van der Waals surface area contributed by atoms with Gasteiger partial charge in [0.05, 0.1) is 12.1 Å². The number of aliphatic carboxylic acids is 1. The summed E-state index contributed by atoms with van der Waals surface area (Å²) in [5.41, 5.74) is 16.9. The lowest BCUT2D eigenvalue weighted by atomic mass is 9.99. The molecule has 14 heteroatoms. The largest absolute Gasteiger partial charge is 0.480 e. The van der Waals surface area contributed by atoms with Crippen LogP contribution in [0.5, 0.6) is 0 Å². The SMILES string of the molecule is CC(C)C[C@H](NC(=O)[C@@H](CC(C)C)NC(=O)[C@@H](N)CCN)C(=O)N[C@@H](CCN)C(=O)N[C@H](C(=O)O)[C@@H](C)O. The molecule has 0 fully saturated rings. The normalized spacial score (nSPS) is 16.1. The summed E-state index contributed by atoms with van der Waals surface area (Å²) in [6.07, 6.45) is -0.657. The average Bonchev–Trinajstić information content (AvgIpc) is 2.80. The van der Waals surface area contributed by atoms with E-state index in [2.05, 4.69) is 21.3 Å². The van der Waals surface area contributed by atoms with E-state index in [1.807, 2.05) is 27.7 Å². The molecule has 12 N–H and O–H groups in total. The number of aliphatic hydroxyl groups is 1. The molecule has 4 amide bonds. The molecule has 0 aliphatic carbocycles. The predicted octanol–water partition coefficient (Wildman–Crippen LogP) is -2.49. The van der Waals surface area contributed by atoms with Crippen LogP contribution in [0.15, 0.2) is 0 Å². The maximum absolute atomic E-state index is 13.2. The highest BCUT2D eigenvalue weighted by Gasteiger charge is 2.33. The fourth-order valence-electron chi connectivity index (χ4n) is 3.62. The second kappa shape index (κ2) is 17.7. The summed E-state index contributed by atoms with van der Waals surface area (Å²) in [5, 5.41) is 28.9. The highest BCUT2D eigenvalue weighted by Crippen LogP contribution is 2.10. The molecule has 0 aromatic heterocycles. The van der Waals surface area contributed by atoms with Gasteiger partial charge in [-0.05, 0) is 57.5 Å². The van der Waals surface area contributed by atoms with Crippen LogP contribution in [-0.4, -0.2) is 89.2 Å². The third-order valence-electron chi connectivity index (χ3n) is 5.63. The van der Waals surface area contributed by atoms with E-state index in [0.29, 0.717) is 0 Å². The number of carboxylic acid groups (broad SMARTS) is 1. The topological polar surface area (TPSA) is 252 Å². The summed E-state index contributed by atoms with van der Waals surface area (Å²) in [6, 6.07) is -5.70. The quantitative estimate of drug-likeness (QED) is 0.0875. The van der Waals surface area contributed by atoms with Crippen LogP contribution in [0.25, 0.3) is 0 Å². The molecule has 38 heavy (non-hydrogen) atoms. The minimum absolute atomic E-state index is 0.00244. The first-order valence-electron chi connectivity index (χ1n) is 12.9. The van der Waals surface area contributed by atoms with E-state index in [1.165, 1.54) is 6.92 Å². The highest BCUT2D eigenvalue weighted by atomic mass is 16.4. The van der Waals surface area contributed by atoms with E-state index >= 15 is 0 Å². The number of carboxylic acids is 1. The van der Waals surface area contributed by atoms with Crippen LogP contribution in [0.4, 0.5) is 0 Å². The average molecular weight is 546 g/mol. The molecule has 0 aromatic rings. The summed E-state index contributed by atoms with van der Waals surface area (Å²) in [6.45, 7) is 8.84. The van der Waals surface area contributed by atoms with E-state index < -0.39 is 65.9 Å². The Balaban J connectivity index is 5.72. The van der Waals surface area contributed by atoms with Crippen molar-refractivity contribution in [2.24, 2.45) is 29.0 Å². The minimum atomic E-state index is -1.59. The van der Waals surface area contributed by atoms with Crippen LogP contribution in [-0.2, 0) is 24.0 Å². The predicted molar refractivity (Wildman–Crippen MR) is 141 cm³/mol. The van der Waals surface area contributed by atoms with Crippen LogP contribution < -0.4 is 38.5 Å². The summed E-state index contributed by atoms with van der Waals surface area (Å²) in [5.74, 6) is -4.09. The number of nitrogens with two attached hydrogens (primary N) is 3. The van der Waals surface area contributed by atoms with E-state index in [9.17, 15) is 34.2 Å². The van der Waals surface area contributed by atoms with Gasteiger partial charge in [0.25, 0.3) is 0 Å². The van der Waals surface area contributed by atoms with Crippen LogP contribution in [0.1, 0.15) is 60.3 Å². The molecular formula is C24H47N7O7. The Morgan fingerprint density at radius 3 is 1.42 bits per heavy atom. The van der Waals surface area contributed by atoms with Crippen LogP contribution >= 0.6 is 0 Å². The van der Waals surface area contributed by atoms with Gasteiger partial charge < -0.3 is 48.7 Å². The fourth-order valence-corrected chi connectivity index (χ4v) is 3.62. The molecule has 0 spiro atoms. The van der Waals surface area contributed by atoms with Crippen LogP contribution in [0, 0.1) is 11.8 Å². The molecular weight excluding hydrogens is 498 g/mol. The second-order valence-electron chi connectivity index (χ2n) is 10.3. The molecule has 220 valence electrons. The molecule has 0 unspecified atom stereocenters. The van der Waals surface area contributed by atoms with Crippen molar-refractivity contribution in [3.63, 3.8) is 0 Å². The lowest BCUT2D eigenvalue weighted by Gasteiger charge is -2.28.